The number of carbonyl (C=O) groups is 2. The van der Waals surface area contributed by atoms with Crippen LogP contribution in [0.1, 0.15) is 41.0 Å². The van der Waals surface area contributed by atoms with Gasteiger partial charge in [-0.1, -0.05) is 32.4 Å². The smallest absolute Gasteiger partial charge is 0.332 e. The van der Waals surface area contributed by atoms with Crippen molar-refractivity contribution in [3.05, 3.63) is 44.9 Å². The van der Waals surface area contributed by atoms with Gasteiger partial charge in [0, 0.05) is 18.2 Å². The molecule has 1 N–H and O–H groups in total. The van der Waals surface area contributed by atoms with E-state index in [1.807, 2.05) is 20.8 Å². The molecule has 2 aromatic rings. The van der Waals surface area contributed by atoms with Gasteiger partial charge in [-0.05, 0) is 18.2 Å². The van der Waals surface area contributed by atoms with E-state index in [1.54, 1.807) is 0 Å². The van der Waals surface area contributed by atoms with Crippen LogP contribution in [0.3, 0.4) is 0 Å². The van der Waals surface area contributed by atoms with Gasteiger partial charge >= 0.3 is 6.18 Å². The number of thiazole rings is 1. The number of amides is 2. The summed E-state index contributed by atoms with van der Waals surface area (Å²) in [6.07, 6.45) is -3.18. The number of hydrogen-bond acceptors (Lipinski definition) is 4. The summed E-state index contributed by atoms with van der Waals surface area (Å²) in [6.45, 7) is 5.58. The molecule has 1 aromatic carbocycles. The minimum absolute atomic E-state index is 0.0598. The predicted octanol–water partition coefficient (Wildman–Crippen LogP) is 4.82. The van der Waals surface area contributed by atoms with E-state index in [9.17, 15) is 22.8 Å². The van der Waals surface area contributed by atoms with Gasteiger partial charge in [-0.3, -0.25) is 9.59 Å². The quantitative estimate of drug-likeness (QED) is 0.751. The molecule has 2 amide bonds. The van der Waals surface area contributed by atoms with Crippen LogP contribution in [0.15, 0.2) is 24.4 Å². The first-order chi connectivity index (χ1) is 12.8. The monoisotopic (exact) mass is 433 g/mol. The van der Waals surface area contributed by atoms with Gasteiger partial charge in [0.2, 0.25) is 5.91 Å². The fourth-order valence-electron chi connectivity index (χ4n) is 2.22. The lowest BCUT2D eigenvalue weighted by molar-refractivity contribution is -0.137. The molecule has 0 aliphatic rings. The molecule has 0 fully saturated rings. The van der Waals surface area contributed by atoms with Crippen LogP contribution >= 0.6 is 22.9 Å². The second-order valence-corrected chi connectivity index (χ2v) is 8.62. The van der Waals surface area contributed by atoms with Crippen LogP contribution < -0.4 is 5.32 Å². The fourth-order valence-corrected chi connectivity index (χ4v) is 3.41. The average Bonchev–Trinajstić information content (AvgIpc) is 3.05. The van der Waals surface area contributed by atoms with Gasteiger partial charge in [-0.15, -0.1) is 11.3 Å². The lowest BCUT2D eigenvalue weighted by Crippen LogP contribution is -2.34. The Kier molecular flexibility index (Phi) is 6.40. The second-order valence-electron chi connectivity index (χ2n) is 7.18. The van der Waals surface area contributed by atoms with Crippen molar-refractivity contribution in [2.45, 2.75) is 32.4 Å². The van der Waals surface area contributed by atoms with Gasteiger partial charge in [0.25, 0.3) is 5.91 Å². The first-order valence-corrected chi connectivity index (χ1v) is 9.37. The van der Waals surface area contributed by atoms with Crippen LogP contribution in [-0.2, 0) is 16.4 Å². The van der Waals surface area contributed by atoms with E-state index < -0.39 is 28.6 Å². The number of aromatic nitrogens is 1. The molecule has 0 aliphatic carbocycles. The minimum atomic E-state index is -4.64. The molecule has 0 saturated carbocycles. The van der Waals surface area contributed by atoms with E-state index in [1.165, 1.54) is 35.5 Å². The van der Waals surface area contributed by atoms with E-state index in [0.29, 0.717) is 4.88 Å². The zero-order chi connectivity index (χ0) is 21.3. The largest absolute Gasteiger partial charge is 0.417 e. The van der Waals surface area contributed by atoms with Crippen molar-refractivity contribution in [3.8, 4) is 0 Å². The van der Waals surface area contributed by atoms with Crippen LogP contribution in [-0.4, -0.2) is 35.3 Å². The van der Waals surface area contributed by atoms with Gasteiger partial charge in [0.1, 0.15) is 4.88 Å². The number of halogens is 4. The summed E-state index contributed by atoms with van der Waals surface area (Å²) >= 11 is 6.79. The normalized spacial score (nSPS) is 12.0. The van der Waals surface area contributed by atoms with Gasteiger partial charge in [-0.25, -0.2) is 4.98 Å². The third-order valence-corrected chi connectivity index (χ3v) is 5.38. The minimum Gasteiger partial charge on any atom is -0.332 e. The third-order valence-electron chi connectivity index (χ3n) is 3.64. The van der Waals surface area contributed by atoms with Crippen LogP contribution in [0.4, 0.5) is 18.9 Å². The summed E-state index contributed by atoms with van der Waals surface area (Å²) < 4.78 is 38.7. The highest BCUT2D eigenvalue weighted by molar-refractivity contribution is 7.13. The maximum absolute atomic E-state index is 12.9. The van der Waals surface area contributed by atoms with Crippen LogP contribution in [0.2, 0.25) is 5.02 Å². The number of carbonyl (C=O) groups excluding carboxylic acids is 2. The Morgan fingerprint density at radius 3 is 2.43 bits per heavy atom. The molecule has 152 valence electrons. The van der Waals surface area contributed by atoms with Crippen molar-refractivity contribution in [1.29, 1.82) is 0 Å². The van der Waals surface area contributed by atoms with Crippen LogP contribution in [0.25, 0.3) is 0 Å². The summed E-state index contributed by atoms with van der Waals surface area (Å²) in [7, 11) is 1.43. The van der Waals surface area contributed by atoms with Gasteiger partial charge in [0.05, 0.1) is 28.3 Å². The van der Waals surface area contributed by atoms with Crippen LogP contribution in [0, 0.1) is 0 Å². The molecule has 0 saturated heterocycles. The maximum Gasteiger partial charge on any atom is 0.417 e. The number of hydrogen-bond donors (Lipinski definition) is 1. The number of nitrogens with one attached hydrogen (secondary N) is 1. The first kappa shape index (κ1) is 22.2. The molecule has 5 nitrogen and oxygen atoms in total. The third kappa shape index (κ3) is 5.45. The maximum atomic E-state index is 12.9. The summed E-state index contributed by atoms with van der Waals surface area (Å²) in [5.74, 6) is -1.03. The Bertz CT molecular complexity index is 891. The number of alkyl halides is 3. The lowest BCUT2D eigenvalue weighted by Gasteiger charge is -2.17. The number of rotatable bonds is 4. The summed E-state index contributed by atoms with van der Waals surface area (Å²) in [6, 6.07) is 3.07. The Labute approximate surface area is 169 Å². The van der Waals surface area contributed by atoms with Gasteiger partial charge in [0.15, 0.2) is 0 Å². The molecule has 0 atom stereocenters. The van der Waals surface area contributed by atoms with E-state index in [2.05, 4.69) is 10.3 Å². The molecule has 28 heavy (non-hydrogen) atoms. The van der Waals surface area contributed by atoms with Crippen molar-refractivity contribution in [2.24, 2.45) is 0 Å². The number of likely N-dealkylation sites (N-methyl/N-ethyl adjacent to an activating group) is 1. The standard InChI is InChI=1S/C18H19ClF3N3O2S/c1-17(2,3)16-23-8-13(28-16)15(27)25(4)9-14(26)24-10-5-6-12(19)11(7-10)18(20,21)22/h5-8H,9H2,1-4H3,(H,24,26). The van der Waals surface area contributed by atoms with Crippen molar-refractivity contribution in [3.63, 3.8) is 0 Å². The summed E-state index contributed by atoms with van der Waals surface area (Å²) in [5.41, 5.74) is -1.31. The van der Waals surface area contributed by atoms with Gasteiger partial charge in [-0.2, -0.15) is 13.2 Å². The highest BCUT2D eigenvalue weighted by atomic mass is 35.5. The summed E-state index contributed by atoms with van der Waals surface area (Å²) in [4.78, 5) is 30.4. The summed E-state index contributed by atoms with van der Waals surface area (Å²) in [5, 5.41) is 2.67. The highest BCUT2D eigenvalue weighted by Crippen LogP contribution is 2.36. The second kappa shape index (κ2) is 8.08. The molecule has 0 spiro atoms. The van der Waals surface area contributed by atoms with Crippen LogP contribution in [0.5, 0.6) is 0 Å². The highest BCUT2D eigenvalue weighted by Gasteiger charge is 2.33. The molecule has 1 aromatic heterocycles. The van der Waals surface area contributed by atoms with Crippen molar-refractivity contribution >= 4 is 40.4 Å². The number of benzene rings is 1. The fraction of sp³-hybridized carbons (Fsp3) is 0.389. The molecule has 2 rings (SSSR count). The van der Waals surface area contributed by atoms with E-state index in [0.717, 1.165) is 17.1 Å². The average molecular weight is 434 g/mol. The van der Waals surface area contributed by atoms with Crippen molar-refractivity contribution in [1.82, 2.24) is 9.88 Å². The number of anilines is 1. The Morgan fingerprint density at radius 1 is 1.25 bits per heavy atom. The molecule has 0 radical (unpaired) electrons. The van der Waals surface area contributed by atoms with Crippen molar-refractivity contribution < 1.29 is 22.8 Å². The SMILES string of the molecule is CN(CC(=O)Nc1ccc(Cl)c(C(F)(F)F)c1)C(=O)c1cnc(C(C)(C)C)s1. The Hall–Kier alpha value is -2.13. The topological polar surface area (TPSA) is 62.3 Å². The molecular weight excluding hydrogens is 415 g/mol. The predicted molar refractivity (Wildman–Crippen MR) is 103 cm³/mol. The van der Waals surface area contributed by atoms with E-state index in [-0.39, 0.29) is 17.6 Å². The Balaban J connectivity index is 2.05. The molecule has 10 heteroatoms. The first-order valence-electron chi connectivity index (χ1n) is 8.17. The Morgan fingerprint density at radius 2 is 1.89 bits per heavy atom. The van der Waals surface area contributed by atoms with E-state index >= 15 is 0 Å². The molecule has 0 aliphatic heterocycles. The van der Waals surface area contributed by atoms with E-state index in [4.69, 9.17) is 11.6 Å². The zero-order valence-corrected chi connectivity index (χ0v) is 17.2. The van der Waals surface area contributed by atoms with Crippen molar-refractivity contribution in [2.75, 3.05) is 18.9 Å². The zero-order valence-electron chi connectivity index (χ0n) is 15.6. The molecule has 0 bridgehead atoms. The lowest BCUT2D eigenvalue weighted by atomic mass is 9.98. The van der Waals surface area contributed by atoms with Gasteiger partial charge < -0.3 is 10.2 Å². The molecular formula is C18H19ClF3N3O2S. The number of nitrogens with zero attached hydrogens (tertiary/aromatic N) is 2. The molecule has 1 heterocycles. The molecule has 0 unspecified atom stereocenters.